The predicted octanol–water partition coefficient (Wildman–Crippen LogP) is 5.19. The molecule has 0 N–H and O–H groups in total. The normalized spacial score (nSPS) is 15.9. The van der Waals surface area contributed by atoms with Gasteiger partial charge in [0.1, 0.15) is 5.69 Å². The van der Waals surface area contributed by atoms with Crippen molar-refractivity contribution in [2.24, 2.45) is 5.92 Å². The second-order valence-corrected chi connectivity index (χ2v) is 9.26. The Morgan fingerprint density at radius 2 is 1.79 bits per heavy atom. The molecule has 0 radical (unpaired) electrons. The van der Waals surface area contributed by atoms with E-state index in [1.807, 2.05) is 31.2 Å². The van der Waals surface area contributed by atoms with Gasteiger partial charge in [-0.05, 0) is 82.3 Å². The molecule has 1 saturated heterocycles. The molecule has 1 aromatic heterocycles. The molecule has 1 fully saturated rings. The largest absolute Gasteiger partial charge is 0.466 e. The Hall–Kier alpha value is -3.41. The Kier molecular flexibility index (Phi) is 6.87. The molecular weight excluding hydrogens is 426 g/mol. The number of amides is 1. The summed E-state index contributed by atoms with van der Waals surface area (Å²) in [5.74, 6) is -0.621. The Labute approximate surface area is 201 Å². The average Bonchev–Trinajstić information content (AvgIpc) is 3.25. The fourth-order valence-electron chi connectivity index (χ4n) is 4.58. The third-order valence-electron chi connectivity index (χ3n) is 6.64. The van der Waals surface area contributed by atoms with Crippen LogP contribution in [0.3, 0.4) is 0 Å². The van der Waals surface area contributed by atoms with E-state index < -0.39 is 0 Å². The average molecular weight is 460 g/mol. The maximum Gasteiger partial charge on any atom is 0.310 e. The number of rotatable bonds is 5. The third-order valence-corrected chi connectivity index (χ3v) is 6.64. The Balaban J connectivity index is 1.75. The molecule has 0 saturated carbocycles. The van der Waals surface area contributed by atoms with Crippen molar-refractivity contribution < 1.29 is 14.3 Å². The Morgan fingerprint density at radius 3 is 2.50 bits per heavy atom. The minimum atomic E-state index is -0.283. The second kappa shape index (κ2) is 9.84. The van der Waals surface area contributed by atoms with Gasteiger partial charge in [0, 0.05) is 18.7 Å². The highest BCUT2D eigenvalue weighted by Crippen LogP contribution is 2.28. The second-order valence-electron chi connectivity index (χ2n) is 9.26. The Bertz CT molecular complexity index is 1230. The van der Waals surface area contributed by atoms with Crippen LogP contribution in [0, 0.1) is 33.6 Å². The number of esters is 1. The first-order valence-corrected chi connectivity index (χ1v) is 12.0. The molecule has 6 heteroatoms. The number of aromatic nitrogens is 2. The van der Waals surface area contributed by atoms with E-state index in [9.17, 15) is 9.59 Å². The summed E-state index contributed by atoms with van der Waals surface area (Å²) in [4.78, 5) is 27.9. The number of piperidine rings is 1. The van der Waals surface area contributed by atoms with E-state index in [-0.39, 0.29) is 17.8 Å². The molecule has 178 valence electrons. The summed E-state index contributed by atoms with van der Waals surface area (Å²) in [6, 6.07) is 14.2. The molecular formula is C28H33N3O3. The summed E-state index contributed by atoms with van der Waals surface area (Å²) < 4.78 is 6.98. The first-order chi connectivity index (χ1) is 16.3. The van der Waals surface area contributed by atoms with Gasteiger partial charge in [-0.1, -0.05) is 29.8 Å². The SMILES string of the molecule is CCOC(=O)C1CCCN(C(=O)c2cc(-c3ccc(C)c(C)c3)nn2-c2ccc(C)cc2C)C1. The summed E-state index contributed by atoms with van der Waals surface area (Å²) in [6.07, 6.45) is 1.52. The number of ether oxygens (including phenoxy) is 1. The summed E-state index contributed by atoms with van der Waals surface area (Å²) in [7, 11) is 0. The molecule has 1 aliphatic heterocycles. The van der Waals surface area contributed by atoms with Crippen LogP contribution in [0.15, 0.2) is 42.5 Å². The van der Waals surface area contributed by atoms with Gasteiger partial charge in [0.15, 0.2) is 0 Å². The first-order valence-electron chi connectivity index (χ1n) is 12.0. The van der Waals surface area contributed by atoms with Crippen LogP contribution in [-0.2, 0) is 9.53 Å². The van der Waals surface area contributed by atoms with E-state index >= 15 is 0 Å². The van der Waals surface area contributed by atoms with Gasteiger partial charge < -0.3 is 9.64 Å². The maximum absolute atomic E-state index is 13.8. The van der Waals surface area contributed by atoms with Crippen molar-refractivity contribution in [2.75, 3.05) is 19.7 Å². The number of carbonyl (C=O) groups is 2. The number of likely N-dealkylation sites (tertiary alicyclic amines) is 1. The minimum Gasteiger partial charge on any atom is -0.466 e. The van der Waals surface area contributed by atoms with Gasteiger partial charge in [-0.25, -0.2) is 4.68 Å². The molecule has 4 rings (SSSR count). The smallest absolute Gasteiger partial charge is 0.310 e. The molecule has 0 spiro atoms. The predicted molar refractivity (Wildman–Crippen MR) is 133 cm³/mol. The van der Waals surface area contributed by atoms with E-state index in [0.717, 1.165) is 40.9 Å². The number of hydrogen-bond donors (Lipinski definition) is 0. The lowest BCUT2D eigenvalue weighted by Crippen LogP contribution is -2.43. The summed E-state index contributed by atoms with van der Waals surface area (Å²) in [5, 5.41) is 4.89. The Morgan fingerprint density at radius 1 is 1.00 bits per heavy atom. The van der Waals surface area contributed by atoms with Crippen LogP contribution in [-0.4, -0.2) is 46.3 Å². The highest BCUT2D eigenvalue weighted by molar-refractivity contribution is 5.95. The lowest BCUT2D eigenvalue weighted by Gasteiger charge is -2.31. The standard InChI is InChI=1S/C28H33N3O3/c1-6-34-28(33)23-8-7-13-30(17-23)27(32)26-16-24(22-11-10-19(3)20(4)15-22)29-31(26)25-12-9-18(2)14-21(25)5/h9-12,14-16,23H,6-8,13,17H2,1-5H3. The molecule has 1 atom stereocenters. The van der Waals surface area contributed by atoms with Crippen LogP contribution in [0.4, 0.5) is 0 Å². The lowest BCUT2D eigenvalue weighted by atomic mass is 9.98. The van der Waals surface area contributed by atoms with E-state index in [1.165, 1.54) is 11.1 Å². The molecule has 2 aromatic carbocycles. The molecule has 34 heavy (non-hydrogen) atoms. The van der Waals surface area contributed by atoms with Gasteiger partial charge in [0.25, 0.3) is 5.91 Å². The van der Waals surface area contributed by atoms with Gasteiger partial charge in [0.05, 0.1) is 23.9 Å². The summed E-state index contributed by atoms with van der Waals surface area (Å²) in [5.41, 5.74) is 7.71. The van der Waals surface area contributed by atoms with Gasteiger partial charge in [-0.3, -0.25) is 9.59 Å². The van der Waals surface area contributed by atoms with Crippen LogP contribution in [0.25, 0.3) is 16.9 Å². The molecule has 3 aromatic rings. The fourth-order valence-corrected chi connectivity index (χ4v) is 4.58. The highest BCUT2D eigenvalue weighted by Gasteiger charge is 2.32. The van der Waals surface area contributed by atoms with Crippen molar-refractivity contribution in [3.05, 3.63) is 70.4 Å². The summed E-state index contributed by atoms with van der Waals surface area (Å²) in [6.45, 7) is 11.4. The van der Waals surface area contributed by atoms with Crippen molar-refractivity contribution in [3.8, 4) is 16.9 Å². The van der Waals surface area contributed by atoms with Gasteiger partial charge >= 0.3 is 5.97 Å². The number of nitrogens with zero attached hydrogens (tertiary/aromatic N) is 3. The molecule has 1 unspecified atom stereocenters. The monoisotopic (exact) mass is 459 g/mol. The van der Waals surface area contributed by atoms with Crippen molar-refractivity contribution in [1.82, 2.24) is 14.7 Å². The number of aryl methyl sites for hydroxylation is 4. The highest BCUT2D eigenvalue weighted by atomic mass is 16.5. The third kappa shape index (κ3) is 4.76. The van der Waals surface area contributed by atoms with Crippen molar-refractivity contribution in [2.45, 2.75) is 47.5 Å². The number of benzene rings is 2. The number of carbonyl (C=O) groups excluding carboxylic acids is 2. The van der Waals surface area contributed by atoms with E-state index in [4.69, 9.17) is 9.84 Å². The summed E-state index contributed by atoms with van der Waals surface area (Å²) >= 11 is 0. The van der Waals surface area contributed by atoms with E-state index in [2.05, 4.69) is 39.0 Å². The van der Waals surface area contributed by atoms with Crippen molar-refractivity contribution >= 4 is 11.9 Å². The van der Waals surface area contributed by atoms with Crippen LogP contribution >= 0.6 is 0 Å². The topological polar surface area (TPSA) is 64.4 Å². The first kappa shape index (κ1) is 23.7. The zero-order valence-corrected chi connectivity index (χ0v) is 20.7. The molecule has 1 aliphatic rings. The molecule has 1 amide bonds. The minimum absolute atomic E-state index is 0.114. The van der Waals surface area contributed by atoms with Crippen LogP contribution in [0.2, 0.25) is 0 Å². The van der Waals surface area contributed by atoms with Gasteiger partial charge in [0.2, 0.25) is 0 Å². The molecule has 0 aliphatic carbocycles. The number of hydrogen-bond acceptors (Lipinski definition) is 4. The zero-order valence-electron chi connectivity index (χ0n) is 20.7. The fraction of sp³-hybridized carbons (Fsp3) is 0.393. The molecule has 6 nitrogen and oxygen atoms in total. The van der Waals surface area contributed by atoms with Crippen LogP contribution < -0.4 is 0 Å². The van der Waals surface area contributed by atoms with E-state index in [1.54, 1.807) is 16.5 Å². The van der Waals surface area contributed by atoms with Crippen molar-refractivity contribution in [3.63, 3.8) is 0 Å². The van der Waals surface area contributed by atoms with Crippen molar-refractivity contribution in [1.29, 1.82) is 0 Å². The molecule has 2 heterocycles. The maximum atomic E-state index is 13.8. The quantitative estimate of drug-likeness (QED) is 0.493. The molecule has 0 bridgehead atoms. The van der Waals surface area contributed by atoms with Gasteiger partial charge in [-0.15, -0.1) is 0 Å². The zero-order chi connectivity index (χ0) is 24.4. The van der Waals surface area contributed by atoms with Crippen LogP contribution in [0.1, 0.15) is 52.5 Å². The van der Waals surface area contributed by atoms with E-state index in [0.29, 0.717) is 25.4 Å². The lowest BCUT2D eigenvalue weighted by molar-refractivity contribution is -0.149. The van der Waals surface area contributed by atoms with Crippen LogP contribution in [0.5, 0.6) is 0 Å². The van der Waals surface area contributed by atoms with Gasteiger partial charge in [-0.2, -0.15) is 5.10 Å².